The fraction of sp³-hybridized carbons (Fsp3) is 0.350. The number of hydrogen-bond donors (Lipinski definition) is 2. The van der Waals surface area contributed by atoms with E-state index in [1.165, 1.54) is 4.90 Å². The molecule has 3 aromatic rings. The molecule has 1 fully saturated rings. The first-order chi connectivity index (χ1) is 12.2. The fourth-order valence-corrected chi connectivity index (χ4v) is 3.75. The maximum Gasteiger partial charge on any atom is 0.197 e. The van der Waals surface area contributed by atoms with E-state index in [2.05, 4.69) is 4.57 Å². The molecule has 0 aliphatic carbocycles. The van der Waals surface area contributed by atoms with Crippen molar-refractivity contribution in [1.82, 2.24) is 4.57 Å². The summed E-state index contributed by atoms with van der Waals surface area (Å²) in [5.41, 5.74) is 1.81. The topological polar surface area (TPSA) is 55.9 Å². The van der Waals surface area contributed by atoms with Crippen molar-refractivity contribution in [3.8, 4) is 0 Å². The maximum atomic E-state index is 12.7. The average molecular weight is 339 g/mol. The van der Waals surface area contributed by atoms with Crippen molar-refractivity contribution in [1.29, 1.82) is 0 Å². The maximum absolute atomic E-state index is 12.7. The molecule has 2 N–H and O–H groups in total. The van der Waals surface area contributed by atoms with Crippen molar-refractivity contribution >= 4 is 21.8 Å². The van der Waals surface area contributed by atoms with E-state index in [4.69, 9.17) is 4.74 Å². The van der Waals surface area contributed by atoms with Crippen molar-refractivity contribution in [2.75, 3.05) is 32.8 Å². The Kier molecular flexibility index (Phi) is 4.53. The lowest BCUT2D eigenvalue weighted by Crippen LogP contribution is -3.15. The summed E-state index contributed by atoms with van der Waals surface area (Å²) in [6, 6.07) is 15.3. The third kappa shape index (κ3) is 3.18. The molecule has 0 spiro atoms. The molecule has 0 radical (unpaired) electrons. The monoisotopic (exact) mass is 339 g/mol. The van der Waals surface area contributed by atoms with Gasteiger partial charge in [-0.25, -0.2) is 0 Å². The molecule has 130 valence electrons. The molecule has 1 aromatic heterocycles. The third-order valence-electron chi connectivity index (χ3n) is 5.00. The third-order valence-corrected chi connectivity index (χ3v) is 5.00. The van der Waals surface area contributed by atoms with E-state index in [0.717, 1.165) is 37.3 Å². The van der Waals surface area contributed by atoms with Crippen molar-refractivity contribution in [3.05, 3.63) is 58.8 Å². The zero-order chi connectivity index (χ0) is 17.2. The number of aliphatic hydroxyl groups excluding tert-OH is 1. The standard InChI is InChI=1S/C20H22N2O3/c23-15(13-21-9-11-25-12-10-21)14-22-18-7-3-1-5-16(18)20(24)17-6-2-4-8-19(17)22/h1-8,15,23H,9-14H2/p+1/t15-/m0/s1. The number of rotatable bonds is 4. The predicted molar refractivity (Wildman–Crippen MR) is 98.1 cm³/mol. The lowest BCUT2D eigenvalue weighted by atomic mass is 10.1. The van der Waals surface area contributed by atoms with Gasteiger partial charge in [-0.1, -0.05) is 24.3 Å². The number of morpholine rings is 1. The summed E-state index contributed by atoms with van der Waals surface area (Å²) in [6.45, 7) is 4.55. The van der Waals surface area contributed by atoms with Crippen LogP contribution in [0, 0.1) is 0 Å². The summed E-state index contributed by atoms with van der Waals surface area (Å²) in [5, 5.41) is 12.1. The van der Waals surface area contributed by atoms with Gasteiger partial charge in [0.2, 0.25) is 0 Å². The van der Waals surface area contributed by atoms with E-state index in [1.54, 1.807) is 0 Å². The van der Waals surface area contributed by atoms with Crippen molar-refractivity contribution in [2.24, 2.45) is 0 Å². The normalized spacial score (nSPS) is 17.2. The number of aromatic nitrogens is 1. The zero-order valence-electron chi connectivity index (χ0n) is 14.1. The number of fused-ring (bicyclic) bond motifs is 2. The molecule has 1 aliphatic heterocycles. The van der Waals surface area contributed by atoms with Crippen molar-refractivity contribution < 1.29 is 14.7 Å². The van der Waals surface area contributed by atoms with Gasteiger partial charge in [-0.15, -0.1) is 0 Å². The minimum atomic E-state index is -0.470. The van der Waals surface area contributed by atoms with E-state index in [0.29, 0.717) is 23.9 Å². The molecule has 2 aromatic carbocycles. The van der Waals surface area contributed by atoms with Crippen LogP contribution in [0.25, 0.3) is 21.8 Å². The van der Waals surface area contributed by atoms with Crippen LogP contribution < -0.4 is 10.3 Å². The SMILES string of the molecule is O=c1c2ccccc2n(C[C@@H](O)C[NH+]2CCOCC2)c2ccccc12. The highest BCUT2D eigenvalue weighted by molar-refractivity contribution is 5.93. The number of ether oxygens (including phenoxy) is 1. The minimum absolute atomic E-state index is 0.0516. The predicted octanol–water partition coefficient (Wildman–Crippen LogP) is 0.431. The molecule has 25 heavy (non-hydrogen) atoms. The average Bonchev–Trinajstić information content (AvgIpc) is 2.66. The molecule has 2 heterocycles. The van der Waals surface area contributed by atoms with Crippen LogP contribution in [0.3, 0.4) is 0 Å². The number of pyridine rings is 1. The second kappa shape index (κ2) is 6.96. The Morgan fingerprint density at radius 3 is 2.16 bits per heavy atom. The van der Waals surface area contributed by atoms with Gasteiger partial charge in [-0.05, 0) is 24.3 Å². The molecular formula is C20H23N2O3+. The van der Waals surface area contributed by atoms with Gasteiger partial charge >= 0.3 is 0 Å². The van der Waals surface area contributed by atoms with Gasteiger partial charge in [-0.3, -0.25) is 4.79 Å². The van der Waals surface area contributed by atoms with Gasteiger partial charge in [0.1, 0.15) is 25.7 Å². The largest absolute Gasteiger partial charge is 0.385 e. The number of aliphatic hydroxyl groups is 1. The molecule has 1 atom stereocenters. The molecule has 0 amide bonds. The first kappa shape index (κ1) is 16.3. The van der Waals surface area contributed by atoms with Crippen LogP contribution >= 0.6 is 0 Å². The Morgan fingerprint density at radius 2 is 1.56 bits per heavy atom. The highest BCUT2D eigenvalue weighted by atomic mass is 16.5. The quantitative estimate of drug-likeness (QED) is 0.678. The molecule has 1 aliphatic rings. The summed E-state index contributed by atoms with van der Waals surface area (Å²) >= 11 is 0. The second-order valence-corrected chi connectivity index (χ2v) is 6.69. The summed E-state index contributed by atoms with van der Waals surface area (Å²) < 4.78 is 7.47. The molecule has 4 rings (SSSR count). The molecule has 1 saturated heterocycles. The van der Waals surface area contributed by atoms with Gasteiger partial charge in [0, 0.05) is 10.8 Å². The molecule has 0 unspecified atom stereocenters. The molecular weight excluding hydrogens is 316 g/mol. The van der Waals surface area contributed by atoms with Gasteiger partial charge < -0.3 is 19.3 Å². The molecule has 5 heteroatoms. The highest BCUT2D eigenvalue weighted by Crippen LogP contribution is 2.19. The van der Waals surface area contributed by atoms with Crippen LogP contribution in [0.4, 0.5) is 0 Å². The zero-order valence-corrected chi connectivity index (χ0v) is 14.1. The van der Waals surface area contributed by atoms with Crippen molar-refractivity contribution in [3.63, 3.8) is 0 Å². The van der Waals surface area contributed by atoms with E-state index >= 15 is 0 Å². The Balaban J connectivity index is 1.74. The van der Waals surface area contributed by atoms with E-state index < -0.39 is 6.10 Å². The van der Waals surface area contributed by atoms with Crippen LogP contribution in [-0.4, -0.2) is 48.6 Å². The van der Waals surface area contributed by atoms with Gasteiger partial charge in [0.05, 0.1) is 30.8 Å². The number of hydrogen-bond acceptors (Lipinski definition) is 3. The van der Waals surface area contributed by atoms with Gasteiger partial charge in [-0.2, -0.15) is 0 Å². The molecule has 5 nitrogen and oxygen atoms in total. The minimum Gasteiger partial charge on any atom is -0.385 e. The van der Waals surface area contributed by atoms with Crippen LogP contribution in [0.1, 0.15) is 0 Å². The van der Waals surface area contributed by atoms with Crippen LogP contribution in [0.2, 0.25) is 0 Å². The number of para-hydroxylation sites is 2. The van der Waals surface area contributed by atoms with Crippen LogP contribution in [0.15, 0.2) is 53.3 Å². The Bertz CT molecular complexity index is 884. The fourth-order valence-electron chi connectivity index (χ4n) is 3.75. The Hall–Kier alpha value is -2.21. The van der Waals surface area contributed by atoms with Crippen LogP contribution in [-0.2, 0) is 11.3 Å². The van der Waals surface area contributed by atoms with Gasteiger partial charge in [0.15, 0.2) is 5.43 Å². The van der Waals surface area contributed by atoms with Crippen molar-refractivity contribution in [2.45, 2.75) is 12.6 Å². The molecule has 0 saturated carbocycles. The number of benzene rings is 2. The lowest BCUT2D eigenvalue weighted by molar-refractivity contribution is -0.911. The summed E-state index contributed by atoms with van der Waals surface area (Å²) in [5.74, 6) is 0. The first-order valence-electron chi connectivity index (χ1n) is 8.83. The Morgan fingerprint density at radius 1 is 1.00 bits per heavy atom. The van der Waals surface area contributed by atoms with E-state index in [1.807, 2.05) is 48.5 Å². The smallest absolute Gasteiger partial charge is 0.197 e. The van der Waals surface area contributed by atoms with Gasteiger partial charge in [0.25, 0.3) is 0 Å². The lowest BCUT2D eigenvalue weighted by Gasteiger charge is -2.26. The number of quaternary nitrogens is 1. The second-order valence-electron chi connectivity index (χ2n) is 6.69. The highest BCUT2D eigenvalue weighted by Gasteiger charge is 2.20. The molecule has 0 bridgehead atoms. The summed E-state index contributed by atoms with van der Waals surface area (Å²) in [6.07, 6.45) is -0.470. The van der Waals surface area contributed by atoms with E-state index in [-0.39, 0.29) is 5.43 Å². The number of nitrogens with one attached hydrogen (secondary N) is 1. The summed E-state index contributed by atoms with van der Waals surface area (Å²) in [4.78, 5) is 14.1. The van der Waals surface area contributed by atoms with Crippen LogP contribution in [0.5, 0.6) is 0 Å². The Labute approximate surface area is 146 Å². The first-order valence-corrected chi connectivity index (χ1v) is 8.83. The summed E-state index contributed by atoms with van der Waals surface area (Å²) in [7, 11) is 0. The van der Waals surface area contributed by atoms with E-state index in [9.17, 15) is 9.90 Å². The number of nitrogens with zero attached hydrogens (tertiary/aromatic N) is 1.